The van der Waals surface area contributed by atoms with Crippen molar-refractivity contribution in [1.82, 2.24) is 25.2 Å². The highest BCUT2D eigenvalue weighted by molar-refractivity contribution is 6.23. The largest absolute Gasteiger partial charge is 0.487 e. The predicted octanol–water partition coefficient (Wildman–Crippen LogP) is 8.09. The fourth-order valence-electron chi connectivity index (χ4n) is 11.1. The van der Waals surface area contributed by atoms with E-state index in [9.17, 15) is 4.79 Å². The number of likely N-dealkylation sites (tertiary alicyclic amines) is 1. The molecule has 2 aromatic heterocycles. The number of imide groups is 1. The number of rotatable bonds is 17. The number of fused-ring (bicyclic) bond motifs is 6. The van der Waals surface area contributed by atoms with Crippen molar-refractivity contribution in [2.75, 3.05) is 53.1 Å². The van der Waals surface area contributed by atoms with Crippen LogP contribution in [0.25, 0.3) is 29.1 Å². The van der Waals surface area contributed by atoms with E-state index in [1.165, 1.54) is 18.3 Å². The summed E-state index contributed by atoms with van der Waals surface area (Å²) in [6, 6.07) is 18.3. The molecule has 2 amide bonds. The van der Waals surface area contributed by atoms with Crippen molar-refractivity contribution < 1.29 is 38.1 Å². The van der Waals surface area contributed by atoms with Gasteiger partial charge in [-0.3, -0.25) is 24.3 Å². The number of nitrogens with zero attached hydrogens (tertiary/aromatic N) is 5. The molecule has 0 radical (unpaired) electrons. The van der Waals surface area contributed by atoms with Gasteiger partial charge in [0, 0.05) is 88.4 Å². The van der Waals surface area contributed by atoms with Crippen molar-refractivity contribution in [3.8, 4) is 23.3 Å². The zero-order chi connectivity index (χ0) is 55.5. The molecular formula is C63H64N8O8. The highest BCUT2D eigenvalue weighted by atomic mass is 16.5. The second-order valence-electron chi connectivity index (χ2n) is 20.1. The lowest BCUT2D eigenvalue weighted by Gasteiger charge is -2.37. The second kappa shape index (κ2) is 23.1. The summed E-state index contributed by atoms with van der Waals surface area (Å²) in [5, 5.41) is 9.56. The Bertz CT molecular complexity index is 3740. The number of anilines is 2. The van der Waals surface area contributed by atoms with Gasteiger partial charge in [0.25, 0.3) is 5.91 Å². The van der Waals surface area contributed by atoms with E-state index in [1.807, 2.05) is 92.7 Å². The monoisotopic (exact) mass is 1060 g/mol. The number of nitrogens with one attached hydrogen (secondary N) is 3. The van der Waals surface area contributed by atoms with Crippen LogP contribution in [-0.4, -0.2) is 103 Å². The summed E-state index contributed by atoms with van der Waals surface area (Å²) in [6.07, 6.45) is 10.7. The number of H-pyrrole nitrogens is 1. The number of aromatic nitrogens is 3. The minimum atomic E-state index is -0.727. The van der Waals surface area contributed by atoms with Gasteiger partial charge in [-0.25, -0.2) is 15.0 Å². The van der Waals surface area contributed by atoms with Crippen molar-refractivity contribution in [3.05, 3.63) is 158 Å². The predicted molar refractivity (Wildman–Crippen MR) is 306 cm³/mol. The molecule has 4 atom stereocenters. The molecule has 8 bridgehead atoms. The molecule has 10 rings (SSSR count). The Balaban J connectivity index is 0.992. The number of allylic oxidation sites excluding steroid dienone is 4. The van der Waals surface area contributed by atoms with Crippen molar-refractivity contribution in [2.45, 2.75) is 66.5 Å². The number of piperidine rings is 1. The van der Waals surface area contributed by atoms with Crippen LogP contribution in [0.3, 0.4) is 0 Å². The third-order valence-electron chi connectivity index (χ3n) is 15.4. The van der Waals surface area contributed by atoms with Crippen LogP contribution in [0.15, 0.2) is 129 Å². The molecule has 5 aliphatic heterocycles. The fourth-order valence-corrected chi connectivity index (χ4v) is 11.1. The van der Waals surface area contributed by atoms with Gasteiger partial charge < -0.3 is 39.3 Å². The van der Waals surface area contributed by atoms with E-state index in [-0.39, 0.29) is 36.7 Å². The molecule has 7 heterocycles. The molecule has 5 aliphatic rings. The average Bonchev–Trinajstić information content (AvgIpc) is 4.36. The lowest BCUT2D eigenvalue weighted by molar-refractivity contribution is -0.148. The minimum absolute atomic E-state index is 0.00560. The Morgan fingerprint density at radius 2 is 1.61 bits per heavy atom. The summed E-state index contributed by atoms with van der Waals surface area (Å²) >= 11 is 0. The summed E-state index contributed by atoms with van der Waals surface area (Å²) in [7, 11) is 4.61. The molecule has 0 saturated carbocycles. The number of methoxy groups -OCH3 is 3. The maximum absolute atomic E-state index is 15.5. The molecule has 2 unspecified atom stereocenters. The lowest BCUT2D eigenvalue weighted by atomic mass is 9.79. The zero-order valence-electron chi connectivity index (χ0n) is 45.8. The Labute approximate surface area is 459 Å². The molecule has 5 aromatic rings. The maximum atomic E-state index is 15.5. The van der Waals surface area contributed by atoms with Gasteiger partial charge in [0.2, 0.25) is 5.91 Å². The van der Waals surface area contributed by atoms with E-state index < -0.39 is 17.9 Å². The molecule has 0 aliphatic carbocycles. The van der Waals surface area contributed by atoms with Gasteiger partial charge >= 0.3 is 5.97 Å². The first-order valence-corrected chi connectivity index (χ1v) is 26.6. The molecule has 16 nitrogen and oxygen atoms in total. The minimum Gasteiger partial charge on any atom is -0.487 e. The van der Waals surface area contributed by atoms with Crippen molar-refractivity contribution >= 4 is 69.8 Å². The van der Waals surface area contributed by atoms with Crippen molar-refractivity contribution in [1.29, 1.82) is 0 Å². The van der Waals surface area contributed by atoms with Crippen molar-refractivity contribution in [3.63, 3.8) is 0 Å². The first kappa shape index (κ1) is 53.7. The first-order valence-electron chi connectivity index (χ1n) is 26.6. The summed E-state index contributed by atoms with van der Waals surface area (Å²) in [5.41, 5.74) is 12.6. The topological polar surface area (TPSA) is 191 Å². The van der Waals surface area contributed by atoms with E-state index in [0.717, 1.165) is 90.0 Å². The van der Waals surface area contributed by atoms with Gasteiger partial charge in [0.1, 0.15) is 25.4 Å². The molecule has 79 heavy (non-hydrogen) atoms. The molecule has 0 spiro atoms. The highest BCUT2D eigenvalue weighted by Crippen LogP contribution is 2.45. The van der Waals surface area contributed by atoms with Gasteiger partial charge in [-0.15, -0.1) is 0 Å². The number of carbonyl (C=O) groups is 3. The van der Waals surface area contributed by atoms with E-state index in [4.69, 9.17) is 33.7 Å². The summed E-state index contributed by atoms with van der Waals surface area (Å²) < 4.78 is 27.5. The Kier molecular flexibility index (Phi) is 15.7. The van der Waals surface area contributed by atoms with Crippen LogP contribution >= 0.6 is 0 Å². The Morgan fingerprint density at radius 3 is 2.33 bits per heavy atom. The number of ether oxygens (including phenoxy) is 5. The third kappa shape index (κ3) is 10.7. The molecule has 404 valence electrons. The van der Waals surface area contributed by atoms with E-state index in [1.54, 1.807) is 14.2 Å². The van der Waals surface area contributed by atoms with E-state index in [2.05, 4.69) is 70.9 Å². The number of amides is 2. The highest BCUT2D eigenvalue weighted by Gasteiger charge is 2.52. The van der Waals surface area contributed by atoms with Crippen LogP contribution in [0.1, 0.15) is 74.8 Å². The summed E-state index contributed by atoms with van der Waals surface area (Å²) in [5.74, 6) is 5.87. The van der Waals surface area contributed by atoms with Gasteiger partial charge in [0.05, 0.1) is 67.0 Å². The molecule has 3 aromatic carbocycles. The molecular weight excluding hydrogens is 997 g/mol. The summed E-state index contributed by atoms with van der Waals surface area (Å²) in [6.45, 7) is 15.9. The quantitative estimate of drug-likeness (QED) is 0.0352. The number of hydrogen-bond acceptors (Lipinski definition) is 14. The normalized spacial score (nSPS) is 21.7. The third-order valence-corrected chi connectivity index (χ3v) is 15.4. The number of aliphatic imine (C=N–C) groups is 2. The fraction of sp³-hybridized carbons (Fsp3) is 0.317. The van der Waals surface area contributed by atoms with E-state index >= 15 is 9.59 Å². The number of benzene rings is 3. The molecule has 16 heteroatoms. The number of carbonyl (C=O) groups excluding carboxylic acids is 3. The van der Waals surface area contributed by atoms with Crippen LogP contribution in [0.4, 0.5) is 11.5 Å². The molecule has 1 fully saturated rings. The smallest absolute Gasteiger partial charge is 0.305 e. The number of esters is 1. The van der Waals surface area contributed by atoms with Gasteiger partial charge in [-0.05, 0) is 116 Å². The first-order chi connectivity index (χ1) is 38.3. The van der Waals surface area contributed by atoms with Crippen LogP contribution in [0.2, 0.25) is 0 Å². The molecule has 1 saturated heterocycles. The second-order valence-corrected chi connectivity index (χ2v) is 20.1. The maximum Gasteiger partial charge on any atom is 0.305 e. The SMILES string of the molecule is C=Cc1c(C)/c2[nH]/c1=C\C1=NC(=C\C3=C(C)C4C(=O)N(Cc5cccc(C#Cc6cccc(Nc7ncnc8cc(OCCOC)c(OCCOC)cc78)c6)c5)C(=O)/C(=C5N=C(\C=2)[C@@H](C)[C@@H]/5CCC(=O)OC)C4N3)/C(CC)=C1C. The van der Waals surface area contributed by atoms with Crippen LogP contribution < -0.4 is 30.8 Å². The Hall–Kier alpha value is -8.65. The van der Waals surface area contributed by atoms with Gasteiger partial charge in [-0.2, -0.15) is 0 Å². The average molecular weight is 1060 g/mol. The summed E-state index contributed by atoms with van der Waals surface area (Å²) in [4.78, 5) is 68.0. The van der Waals surface area contributed by atoms with Crippen LogP contribution in [-0.2, 0) is 35.1 Å². The van der Waals surface area contributed by atoms with Crippen LogP contribution in [0.5, 0.6) is 11.5 Å². The lowest BCUT2D eigenvalue weighted by Crippen LogP contribution is -2.54. The van der Waals surface area contributed by atoms with Crippen LogP contribution in [0, 0.1) is 36.5 Å². The van der Waals surface area contributed by atoms with Gasteiger partial charge in [0.15, 0.2) is 11.5 Å². The number of aromatic amines is 1. The molecule has 3 N–H and O–H groups in total. The van der Waals surface area contributed by atoms with Gasteiger partial charge in [-0.1, -0.05) is 56.5 Å². The van der Waals surface area contributed by atoms with Crippen molar-refractivity contribution in [2.24, 2.45) is 27.7 Å². The standard InChI is InChI=1S/C63H64N8O8/c1-10-43-35(3)47-29-49-37(5)45(20-21-56(72)77-9)59(69-49)58-60-57(38(6)50(70-60)31-53-44(11-2)36(4)48(68-53)30-52(43)67-47)62(73)71(63(58)74)33-41-16-12-14-39(26-41)18-19-40-15-13-17-42(27-40)66-61-46-28-54(78-24-22-75-7)55(79-25-23-76-8)32-51(46)64-34-65-61/h10,12-17,26-32,34,37,45,57,60,67,70H,1,11,20-25,33H2,2-9H3,(H,64,65,66)/b47-29-,52-30-,53-31-,59-58+/t37-,45-,57?,60?/m0/s1. The van der Waals surface area contributed by atoms with E-state index in [0.29, 0.717) is 72.5 Å². The Morgan fingerprint density at radius 1 is 0.873 bits per heavy atom. The zero-order valence-corrected chi connectivity index (χ0v) is 45.8. The number of hydrogen-bond donors (Lipinski definition) is 3.